The van der Waals surface area contributed by atoms with Crippen molar-refractivity contribution < 1.29 is 14.2 Å². The first-order chi connectivity index (χ1) is 8.56. The Morgan fingerprint density at radius 2 is 2.44 bits per heavy atom. The van der Waals surface area contributed by atoms with Crippen LogP contribution in [-0.2, 0) is 4.74 Å². The largest absolute Gasteiger partial charge is 0.394 e. The lowest BCUT2D eigenvalue weighted by Crippen LogP contribution is -2.22. The van der Waals surface area contributed by atoms with E-state index in [-0.39, 0.29) is 18.6 Å². The van der Waals surface area contributed by atoms with Gasteiger partial charge < -0.3 is 14.4 Å². The molecule has 2 rings (SSSR count). The Bertz CT molecular complexity index is 494. The number of aliphatic hydroxyl groups is 1. The zero-order valence-corrected chi connectivity index (χ0v) is 11.0. The van der Waals surface area contributed by atoms with Gasteiger partial charge in [-0.3, -0.25) is 4.79 Å². The molecular formula is C11H15FN2O3S. The van der Waals surface area contributed by atoms with Gasteiger partial charge in [-0.15, -0.1) is 0 Å². The Morgan fingerprint density at radius 1 is 1.72 bits per heavy atom. The van der Waals surface area contributed by atoms with Gasteiger partial charge in [0.2, 0.25) is 0 Å². The first-order valence-electron chi connectivity index (χ1n) is 5.61. The lowest BCUT2D eigenvalue weighted by Gasteiger charge is -2.18. The quantitative estimate of drug-likeness (QED) is 0.655. The molecule has 5 nitrogen and oxygen atoms in total. The molecule has 2 heterocycles. The second kappa shape index (κ2) is 5.38. The zero-order chi connectivity index (χ0) is 13.3. The number of hydrogen-bond acceptors (Lipinski definition) is 5. The van der Waals surface area contributed by atoms with Gasteiger partial charge >= 0.3 is 0 Å². The predicted octanol–water partition coefficient (Wildman–Crippen LogP) is 0.892. The number of rotatable bonds is 3. The summed E-state index contributed by atoms with van der Waals surface area (Å²) in [4.78, 5) is 15.4. The van der Waals surface area contributed by atoms with Gasteiger partial charge in [-0.2, -0.15) is 4.98 Å². The highest BCUT2D eigenvalue weighted by molar-refractivity contribution is 7.98. The predicted molar refractivity (Wildman–Crippen MR) is 65.5 cm³/mol. The smallest absolute Gasteiger partial charge is 0.276 e. The molecule has 0 aromatic carbocycles. The molecular weight excluding hydrogens is 259 g/mol. The second-order valence-electron chi connectivity index (χ2n) is 4.19. The fourth-order valence-corrected chi connectivity index (χ4v) is 2.49. The minimum absolute atomic E-state index is 0.156. The van der Waals surface area contributed by atoms with Crippen LogP contribution in [0.15, 0.2) is 16.1 Å². The minimum Gasteiger partial charge on any atom is -0.394 e. The number of thioether (sulfide) groups is 1. The Balaban J connectivity index is 2.34. The average molecular weight is 274 g/mol. The van der Waals surface area contributed by atoms with Crippen molar-refractivity contribution >= 4 is 11.8 Å². The van der Waals surface area contributed by atoms with Crippen LogP contribution >= 0.6 is 11.8 Å². The molecule has 0 unspecified atom stereocenters. The van der Waals surface area contributed by atoms with Crippen LogP contribution in [0.4, 0.5) is 4.39 Å². The van der Waals surface area contributed by atoms with E-state index in [4.69, 9.17) is 9.84 Å². The monoisotopic (exact) mass is 274 g/mol. The molecule has 18 heavy (non-hydrogen) atoms. The van der Waals surface area contributed by atoms with Crippen molar-refractivity contribution in [3.8, 4) is 0 Å². The Hall–Kier alpha value is -0.920. The van der Waals surface area contributed by atoms with E-state index in [1.807, 2.05) is 0 Å². The van der Waals surface area contributed by atoms with E-state index < -0.39 is 18.5 Å². The van der Waals surface area contributed by atoms with Gasteiger partial charge in [-0.25, -0.2) is 4.39 Å². The summed E-state index contributed by atoms with van der Waals surface area (Å²) in [7, 11) is 0. The molecule has 7 heteroatoms. The lowest BCUT2D eigenvalue weighted by molar-refractivity contribution is -0.0379. The number of halogens is 1. The number of nitrogens with zero attached hydrogens (tertiary/aromatic N) is 2. The highest BCUT2D eigenvalue weighted by Gasteiger charge is 2.36. The van der Waals surface area contributed by atoms with Crippen LogP contribution in [0.2, 0.25) is 0 Å². The lowest BCUT2D eigenvalue weighted by atomic mass is 10.2. The molecule has 1 aliphatic rings. The van der Waals surface area contributed by atoms with Crippen LogP contribution in [0.5, 0.6) is 0 Å². The normalized spacial score (nSPS) is 27.7. The summed E-state index contributed by atoms with van der Waals surface area (Å²) in [6.07, 6.45) is 1.05. The Morgan fingerprint density at radius 3 is 3.00 bits per heavy atom. The second-order valence-corrected chi connectivity index (χ2v) is 4.96. The number of hydrogen-bond donors (Lipinski definition) is 1. The van der Waals surface area contributed by atoms with Crippen molar-refractivity contribution in [3.05, 3.63) is 22.1 Å². The maximum absolute atomic E-state index is 13.6. The molecule has 1 N–H and O–H groups in total. The van der Waals surface area contributed by atoms with E-state index >= 15 is 0 Å². The highest BCUT2D eigenvalue weighted by Crippen LogP contribution is 2.32. The van der Waals surface area contributed by atoms with E-state index in [0.29, 0.717) is 10.7 Å². The number of aryl methyl sites for hydroxylation is 1. The van der Waals surface area contributed by atoms with Crippen molar-refractivity contribution in [3.63, 3.8) is 0 Å². The van der Waals surface area contributed by atoms with Gasteiger partial charge in [0.15, 0.2) is 5.16 Å². The third-order valence-electron chi connectivity index (χ3n) is 2.92. The van der Waals surface area contributed by atoms with E-state index in [1.165, 1.54) is 11.8 Å². The SMILES string of the molecule is CSc1nc(=O)c(C)cn1[C@H]1C[C@H](F)[C@@H](CO)O1. The van der Waals surface area contributed by atoms with Crippen LogP contribution in [0, 0.1) is 6.92 Å². The number of alkyl halides is 1. The van der Waals surface area contributed by atoms with Gasteiger partial charge in [0.05, 0.1) is 6.61 Å². The summed E-state index contributed by atoms with van der Waals surface area (Å²) in [6.45, 7) is 1.31. The molecule has 0 amide bonds. The van der Waals surface area contributed by atoms with Gasteiger partial charge in [-0.1, -0.05) is 11.8 Å². The first-order valence-corrected chi connectivity index (χ1v) is 6.83. The van der Waals surface area contributed by atoms with Crippen LogP contribution in [0.25, 0.3) is 0 Å². The minimum atomic E-state index is -1.20. The summed E-state index contributed by atoms with van der Waals surface area (Å²) in [5, 5.41) is 9.47. The van der Waals surface area contributed by atoms with Crippen molar-refractivity contribution in [1.82, 2.24) is 9.55 Å². The molecule has 0 aliphatic carbocycles. The molecule has 1 aliphatic heterocycles. The molecule has 0 radical (unpaired) electrons. The summed E-state index contributed by atoms with van der Waals surface area (Å²) < 4.78 is 20.6. The van der Waals surface area contributed by atoms with Crippen molar-refractivity contribution in [1.29, 1.82) is 0 Å². The van der Waals surface area contributed by atoms with Crippen LogP contribution in [0.3, 0.4) is 0 Å². The number of ether oxygens (including phenoxy) is 1. The topological polar surface area (TPSA) is 64.4 Å². The molecule has 1 aromatic heterocycles. The molecule has 0 saturated carbocycles. The van der Waals surface area contributed by atoms with E-state index in [9.17, 15) is 9.18 Å². The van der Waals surface area contributed by atoms with Gasteiger partial charge in [0.1, 0.15) is 18.5 Å². The Labute approximate surface area is 108 Å². The summed E-state index contributed by atoms with van der Waals surface area (Å²) in [5.74, 6) is 0. The summed E-state index contributed by atoms with van der Waals surface area (Å²) in [6, 6.07) is 0. The summed E-state index contributed by atoms with van der Waals surface area (Å²) >= 11 is 1.30. The van der Waals surface area contributed by atoms with Gasteiger partial charge in [0, 0.05) is 18.2 Å². The Kier molecular flexibility index (Phi) is 4.04. The summed E-state index contributed by atoms with van der Waals surface area (Å²) in [5.41, 5.74) is 0.198. The van der Waals surface area contributed by atoms with Crippen LogP contribution in [0.1, 0.15) is 18.2 Å². The highest BCUT2D eigenvalue weighted by atomic mass is 32.2. The molecule has 100 valence electrons. The van der Waals surface area contributed by atoms with Crippen molar-refractivity contribution in [2.45, 2.75) is 37.0 Å². The van der Waals surface area contributed by atoms with Gasteiger partial charge in [0.25, 0.3) is 5.56 Å². The first kappa shape index (κ1) is 13.5. The van der Waals surface area contributed by atoms with Crippen LogP contribution in [-0.4, -0.2) is 39.8 Å². The van der Waals surface area contributed by atoms with Crippen molar-refractivity contribution in [2.75, 3.05) is 12.9 Å². The molecule has 0 spiro atoms. The van der Waals surface area contributed by atoms with E-state index in [0.717, 1.165) is 0 Å². The fraction of sp³-hybridized carbons (Fsp3) is 0.636. The average Bonchev–Trinajstić information content (AvgIpc) is 2.73. The maximum Gasteiger partial charge on any atom is 0.276 e. The van der Waals surface area contributed by atoms with Crippen molar-refractivity contribution in [2.24, 2.45) is 0 Å². The van der Waals surface area contributed by atoms with Gasteiger partial charge in [-0.05, 0) is 13.2 Å². The maximum atomic E-state index is 13.6. The molecule has 1 fully saturated rings. The molecule has 3 atom stereocenters. The zero-order valence-electron chi connectivity index (χ0n) is 10.2. The molecule has 1 saturated heterocycles. The van der Waals surface area contributed by atoms with E-state index in [2.05, 4.69) is 4.98 Å². The van der Waals surface area contributed by atoms with E-state index in [1.54, 1.807) is 23.9 Å². The number of aromatic nitrogens is 2. The third kappa shape index (κ3) is 2.43. The third-order valence-corrected chi connectivity index (χ3v) is 3.59. The molecule has 0 bridgehead atoms. The number of aliphatic hydroxyl groups excluding tert-OH is 1. The van der Waals surface area contributed by atoms with Crippen LogP contribution < -0.4 is 5.56 Å². The standard InChI is InChI=1S/C11H15FN2O3S/c1-6-4-14(11(18-2)13-10(6)16)9-3-7(12)8(5-15)17-9/h4,7-9,15H,3,5H2,1-2H3/t7-,8+,9+/m0/s1. The molecule has 1 aromatic rings. The fourth-order valence-electron chi connectivity index (χ4n) is 1.93.